The second-order valence-electron chi connectivity index (χ2n) is 5.55. The first-order chi connectivity index (χ1) is 8.61. The standard InChI is InChI=1S/C15H23NOS/c1-12-3-7-14(8-4-12)18-10-9-15(2,11-17)16-13-5-6-13/h3-4,7-8,13,16-17H,5-6,9-11H2,1-2H3. The topological polar surface area (TPSA) is 32.3 Å². The van der Waals surface area contributed by atoms with E-state index in [1.807, 2.05) is 11.8 Å². The van der Waals surface area contributed by atoms with Crippen molar-refractivity contribution in [1.82, 2.24) is 5.32 Å². The van der Waals surface area contributed by atoms with Crippen LogP contribution in [-0.4, -0.2) is 29.0 Å². The number of aliphatic hydroxyl groups is 1. The van der Waals surface area contributed by atoms with Crippen LogP contribution in [0.15, 0.2) is 29.2 Å². The maximum atomic E-state index is 9.52. The van der Waals surface area contributed by atoms with Gasteiger partial charge < -0.3 is 10.4 Å². The molecule has 0 saturated heterocycles. The van der Waals surface area contributed by atoms with Gasteiger partial charge in [-0.15, -0.1) is 11.8 Å². The lowest BCUT2D eigenvalue weighted by Gasteiger charge is -2.28. The number of aryl methyl sites for hydroxylation is 1. The van der Waals surface area contributed by atoms with Crippen LogP contribution in [0.3, 0.4) is 0 Å². The molecule has 2 rings (SSSR count). The summed E-state index contributed by atoms with van der Waals surface area (Å²) in [5, 5.41) is 13.1. The van der Waals surface area contributed by atoms with E-state index in [0.717, 1.165) is 12.2 Å². The van der Waals surface area contributed by atoms with Gasteiger partial charge in [0.15, 0.2) is 0 Å². The first-order valence-corrected chi connectivity index (χ1v) is 7.68. The van der Waals surface area contributed by atoms with Gasteiger partial charge in [-0.05, 0) is 51.0 Å². The fourth-order valence-corrected chi connectivity index (χ4v) is 3.06. The summed E-state index contributed by atoms with van der Waals surface area (Å²) in [5.41, 5.74) is 1.19. The zero-order valence-corrected chi connectivity index (χ0v) is 12.1. The molecule has 0 bridgehead atoms. The van der Waals surface area contributed by atoms with Crippen molar-refractivity contribution in [2.45, 2.75) is 49.6 Å². The normalized spacial score (nSPS) is 18.6. The van der Waals surface area contributed by atoms with Crippen molar-refractivity contribution in [1.29, 1.82) is 0 Å². The molecule has 1 aromatic rings. The quantitative estimate of drug-likeness (QED) is 0.743. The second-order valence-corrected chi connectivity index (χ2v) is 6.72. The third-order valence-corrected chi connectivity index (χ3v) is 4.44. The fraction of sp³-hybridized carbons (Fsp3) is 0.600. The van der Waals surface area contributed by atoms with Crippen molar-refractivity contribution >= 4 is 11.8 Å². The minimum atomic E-state index is -0.112. The fourth-order valence-electron chi connectivity index (χ4n) is 1.95. The van der Waals surface area contributed by atoms with Gasteiger partial charge in [-0.25, -0.2) is 0 Å². The molecular weight excluding hydrogens is 242 g/mol. The van der Waals surface area contributed by atoms with E-state index in [0.29, 0.717) is 6.04 Å². The maximum absolute atomic E-state index is 9.52. The Morgan fingerprint density at radius 1 is 1.33 bits per heavy atom. The molecule has 18 heavy (non-hydrogen) atoms. The van der Waals surface area contributed by atoms with E-state index in [2.05, 4.69) is 43.4 Å². The molecule has 1 atom stereocenters. The second kappa shape index (κ2) is 6.09. The van der Waals surface area contributed by atoms with E-state index in [9.17, 15) is 5.11 Å². The Labute approximate surface area is 114 Å². The summed E-state index contributed by atoms with van der Waals surface area (Å²) in [7, 11) is 0. The van der Waals surface area contributed by atoms with Crippen molar-refractivity contribution in [2.75, 3.05) is 12.4 Å². The number of aliphatic hydroxyl groups excluding tert-OH is 1. The van der Waals surface area contributed by atoms with Gasteiger partial charge in [-0.3, -0.25) is 0 Å². The van der Waals surface area contributed by atoms with Crippen molar-refractivity contribution in [3.05, 3.63) is 29.8 Å². The van der Waals surface area contributed by atoms with Gasteiger partial charge in [0.1, 0.15) is 0 Å². The number of benzene rings is 1. The van der Waals surface area contributed by atoms with Crippen LogP contribution < -0.4 is 5.32 Å². The number of hydrogen-bond acceptors (Lipinski definition) is 3. The van der Waals surface area contributed by atoms with E-state index < -0.39 is 0 Å². The van der Waals surface area contributed by atoms with Crippen molar-refractivity contribution in [3.8, 4) is 0 Å². The molecule has 1 unspecified atom stereocenters. The van der Waals surface area contributed by atoms with Gasteiger partial charge in [0.05, 0.1) is 6.61 Å². The van der Waals surface area contributed by atoms with Gasteiger partial charge in [0.2, 0.25) is 0 Å². The van der Waals surface area contributed by atoms with E-state index in [-0.39, 0.29) is 12.1 Å². The lowest BCUT2D eigenvalue weighted by molar-refractivity contribution is 0.169. The van der Waals surface area contributed by atoms with Crippen LogP contribution in [0, 0.1) is 6.92 Å². The SMILES string of the molecule is Cc1ccc(SCCC(C)(CO)NC2CC2)cc1. The number of rotatable bonds is 7. The Morgan fingerprint density at radius 3 is 2.56 bits per heavy atom. The third kappa shape index (κ3) is 4.30. The molecule has 2 nitrogen and oxygen atoms in total. The molecule has 0 aliphatic heterocycles. The predicted molar refractivity (Wildman–Crippen MR) is 78.2 cm³/mol. The van der Waals surface area contributed by atoms with Crippen LogP contribution in [0.4, 0.5) is 0 Å². The average Bonchev–Trinajstić information content (AvgIpc) is 3.15. The van der Waals surface area contributed by atoms with Gasteiger partial charge in [0, 0.05) is 16.5 Å². The van der Waals surface area contributed by atoms with Gasteiger partial charge >= 0.3 is 0 Å². The highest BCUT2D eigenvalue weighted by Gasteiger charge is 2.31. The molecule has 1 aliphatic carbocycles. The van der Waals surface area contributed by atoms with Crippen LogP contribution >= 0.6 is 11.8 Å². The first-order valence-electron chi connectivity index (χ1n) is 6.69. The molecule has 0 radical (unpaired) electrons. The predicted octanol–water partition coefficient (Wildman–Crippen LogP) is 2.98. The number of thioether (sulfide) groups is 1. The van der Waals surface area contributed by atoms with Crippen LogP contribution in [0.1, 0.15) is 31.7 Å². The summed E-state index contributed by atoms with van der Waals surface area (Å²) in [6.45, 7) is 4.45. The highest BCUT2D eigenvalue weighted by molar-refractivity contribution is 7.99. The maximum Gasteiger partial charge on any atom is 0.0610 e. The van der Waals surface area contributed by atoms with Crippen molar-refractivity contribution in [2.24, 2.45) is 0 Å². The molecule has 0 heterocycles. The first kappa shape index (κ1) is 13.9. The smallest absolute Gasteiger partial charge is 0.0610 e. The van der Waals surface area contributed by atoms with E-state index in [1.54, 1.807) is 0 Å². The van der Waals surface area contributed by atoms with E-state index >= 15 is 0 Å². The largest absolute Gasteiger partial charge is 0.394 e. The highest BCUT2D eigenvalue weighted by atomic mass is 32.2. The summed E-state index contributed by atoms with van der Waals surface area (Å²) in [6.07, 6.45) is 3.53. The number of hydrogen-bond donors (Lipinski definition) is 2. The lowest BCUT2D eigenvalue weighted by Crippen LogP contribution is -2.47. The monoisotopic (exact) mass is 265 g/mol. The molecule has 1 aromatic carbocycles. The van der Waals surface area contributed by atoms with Crippen LogP contribution in [0.2, 0.25) is 0 Å². The molecule has 0 aromatic heterocycles. The molecule has 1 saturated carbocycles. The van der Waals surface area contributed by atoms with Gasteiger partial charge in [-0.1, -0.05) is 17.7 Å². The molecular formula is C15H23NOS. The Balaban J connectivity index is 1.77. The van der Waals surface area contributed by atoms with Crippen molar-refractivity contribution < 1.29 is 5.11 Å². The number of nitrogens with one attached hydrogen (secondary N) is 1. The Bertz CT molecular complexity index is 375. The molecule has 1 aliphatic rings. The average molecular weight is 265 g/mol. The molecule has 3 heteroatoms. The van der Waals surface area contributed by atoms with Crippen LogP contribution in [0.25, 0.3) is 0 Å². The van der Waals surface area contributed by atoms with Crippen molar-refractivity contribution in [3.63, 3.8) is 0 Å². The van der Waals surface area contributed by atoms with E-state index in [1.165, 1.54) is 23.3 Å². The molecule has 100 valence electrons. The van der Waals surface area contributed by atoms with Crippen LogP contribution in [0.5, 0.6) is 0 Å². The zero-order valence-electron chi connectivity index (χ0n) is 11.3. The summed E-state index contributed by atoms with van der Waals surface area (Å²) in [5.74, 6) is 1.04. The van der Waals surface area contributed by atoms with Gasteiger partial charge in [-0.2, -0.15) is 0 Å². The third-order valence-electron chi connectivity index (χ3n) is 3.42. The molecule has 2 N–H and O–H groups in total. The molecule has 0 amide bonds. The minimum Gasteiger partial charge on any atom is -0.394 e. The Kier molecular flexibility index (Phi) is 4.71. The van der Waals surface area contributed by atoms with Crippen LogP contribution in [-0.2, 0) is 0 Å². The van der Waals surface area contributed by atoms with E-state index in [4.69, 9.17) is 0 Å². The zero-order chi connectivity index (χ0) is 13.0. The Hall–Kier alpha value is -0.510. The lowest BCUT2D eigenvalue weighted by atomic mass is 10.0. The summed E-state index contributed by atoms with van der Waals surface area (Å²) < 4.78 is 0. The Morgan fingerprint density at radius 2 is 2.00 bits per heavy atom. The minimum absolute atomic E-state index is 0.112. The summed E-state index contributed by atoms with van der Waals surface area (Å²) in [6, 6.07) is 9.29. The van der Waals surface area contributed by atoms with Gasteiger partial charge in [0.25, 0.3) is 0 Å². The molecule has 0 spiro atoms. The summed E-state index contributed by atoms with van der Waals surface area (Å²) >= 11 is 1.87. The molecule has 1 fully saturated rings. The summed E-state index contributed by atoms with van der Waals surface area (Å²) in [4.78, 5) is 1.31. The highest BCUT2D eigenvalue weighted by Crippen LogP contribution is 2.26.